The molecule has 2 fully saturated rings. The summed E-state index contributed by atoms with van der Waals surface area (Å²) in [4.78, 5) is 2.40. The van der Waals surface area contributed by atoms with Gasteiger partial charge in [-0.05, 0) is 37.5 Å². The van der Waals surface area contributed by atoms with Crippen molar-refractivity contribution >= 4 is 0 Å². The third kappa shape index (κ3) is 4.23. The fraction of sp³-hybridized carbons (Fsp3) is 0.882. The average molecular weight is 262 g/mol. The molecule has 108 valence electrons. The summed E-state index contributed by atoms with van der Waals surface area (Å²) in [6.45, 7) is 7.94. The topological polar surface area (TPSA) is 15.3 Å². The van der Waals surface area contributed by atoms with Crippen molar-refractivity contribution in [1.82, 2.24) is 10.2 Å². The minimum absolute atomic E-state index is 0.721. The number of likely N-dealkylation sites (tertiary alicyclic amines) is 1. The van der Waals surface area contributed by atoms with Crippen molar-refractivity contribution in [2.45, 2.75) is 64.5 Å². The van der Waals surface area contributed by atoms with Crippen LogP contribution in [0.1, 0.15) is 52.4 Å². The Balaban J connectivity index is 1.79. The van der Waals surface area contributed by atoms with E-state index in [0.29, 0.717) is 0 Å². The van der Waals surface area contributed by atoms with E-state index < -0.39 is 0 Å². The number of nitrogens with zero attached hydrogens (tertiary/aromatic N) is 1. The smallest absolute Gasteiger partial charge is 0.0598 e. The van der Waals surface area contributed by atoms with Crippen LogP contribution in [0.4, 0.5) is 0 Å². The fourth-order valence-corrected chi connectivity index (χ4v) is 3.85. The minimum atomic E-state index is 0.721. The number of hydrogen-bond acceptors (Lipinski definition) is 2. The molecule has 2 atom stereocenters. The molecule has 0 bridgehead atoms. The first-order chi connectivity index (χ1) is 9.20. The minimum Gasteiger partial charge on any atom is -0.311 e. The van der Waals surface area contributed by atoms with Crippen molar-refractivity contribution < 1.29 is 0 Å². The molecule has 1 aliphatic carbocycles. The molecular formula is C17H30N2. The summed E-state index contributed by atoms with van der Waals surface area (Å²) in [6, 6.07) is 1.48. The molecule has 1 heterocycles. The Kier molecular flexibility index (Phi) is 5.73. The summed E-state index contributed by atoms with van der Waals surface area (Å²) in [5.74, 6) is 4.47. The Bertz CT molecular complexity index is 297. The van der Waals surface area contributed by atoms with Crippen molar-refractivity contribution in [1.29, 1.82) is 0 Å². The molecule has 0 aromatic carbocycles. The van der Waals surface area contributed by atoms with E-state index in [-0.39, 0.29) is 0 Å². The Morgan fingerprint density at radius 1 is 1.16 bits per heavy atom. The monoisotopic (exact) mass is 262 g/mol. The third-order valence-corrected chi connectivity index (χ3v) is 5.03. The average Bonchev–Trinajstić information content (AvgIpc) is 2.42. The zero-order chi connectivity index (χ0) is 13.7. The van der Waals surface area contributed by atoms with Crippen LogP contribution < -0.4 is 5.32 Å². The second-order valence-corrected chi connectivity index (χ2v) is 6.72. The van der Waals surface area contributed by atoms with Gasteiger partial charge in [0.1, 0.15) is 0 Å². The normalized spacial score (nSPS) is 30.4. The summed E-state index contributed by atoms with van der Waals surface area (Å²) in [7, 11) is 0. The Labute approximate surface area is 119 Å². The highest BCUT2D eigenvalue weighted by molar-refractivity contribution is 4.92. The standard InChI is InChI=1S/C17H30N2/c1-4-11-19-12-9-15(10-13-19)18-17-8-6-5-7-16(17)14(2)3/h1,14-18H,5-13H2,2-3H3. The molecule has 2 heteroatoms. The van der Waals surface area contributed by atoms with Crippen molar-refractivity contribution in [3.63, 3.8) is 0 Å². The highest BCUT2D eigenvalue weighted by Gasteiger charge is 2.30. The molecule has 0 spiro atoms. The molecule has 1 saturated heterocycles. The van der Waals surface area contributed by atoms with Crippen LogP contribution in [-0.4, -0.2) is 36.6 Å². The van der Waals surface area contributed by atoms with E-state index in [0.717, 1.165) is 30.5 Å². The SMILES string of the molecule is C#CCN1CCC(NC2CCCCC2C(C)C)CC1. The first-order valence-corrected chi connectivity index (χ1v) is 8.12. The lowest BCUT2D eigenvalue weighted by Gasteiger charge is -2.40. The predicted molar refractivity (Wildman–Crippen MR) is 82.0 cm³/mol. The van der Waals surface area contributed by atoms with Crippen molar-refractivity contribution in [3.8, 4) is 12.3 Å². The molecule has 0 amide bonds. The lowest BCUT2D eigenvalue weighted by atomic mass is 9.77. The van der Waals surface area contributed by atoms with Gasteiger partial charge in [-0.3, -0.25) is 4.90 Å². The van der Waals surface area contributed by atoms with Crippen LogP contribution >= 0.6 is 0 Å². The zero-order valence-electron chi connectivity index (χ0n) is 12.7. The summed E-state index contributed by atoms with van der Waals surface area (Å²) in [6.07, 6.45) is 13.6. The first kappa shape index (κ1) is 14.9. The molecule has 1 aliphatic heterocycles. The maximum atomic E-state index is 5.39. The van der Waals surface area contributed by atoms with Gasteiger partial charge in [-0.15, -0.1) is 6.42 Å². The molecule has 19 heavy (non-hydrogen) atoms. The Morgan fingerprint density at radius 2 is 1.84 bits per heavy atom. The Hall–Kier alpha value is -0.520. The van der Waals surface area contributed by atoms with E-state index in [2.05, 4.69) is 30.0 Å². The van der Waals surface area contributed by atoms with Crippen molar-refractivity contribution in [2.24, 2.45) is 11.8 Å². The van der Waals surface area contributed by atoms with Gasteiger partial charge >= 0.3 is 0 Å². The van der Waals surface area contributed by atoms with Gasteiger partial charge in [-0.25, -0.2) is 0 Å². The number of hydrogen-bond donors (Lipinski definition) is 1. The highest BCUT2D eigenvalue weighted by atomic mass is 15.1. The van der Waals surface area contributed by atoms with Gasteiger partial charge in [0.05, 0.1) is 6.54 Å². The van der Waals surface area contributed by atoms with Crippen molar-refractivity contribution in [3.05, 3.63) is 0 Å². The fourth-order valence-electron chi connectivity index (χ4n) is 3.85. The van der Waals surface area contributed by atoms with E-state index in [9.17, 15) is 0 Å². The van der Waals surface area contributed by atoms with E-state index in [1.807, 2.05) is 0 Å². The van der Waals surface area contributed by atoms with Crippen molar-refractivity contribution in [2.75, 3.05) is 19.6 Å². The lowest BCUT2D eigenvalue weighted by Crippen LogP contribution is -2.50. The van der Waals surface area contributed by atoms with Crippen LogP contribution in [0.2, 0.25) is 0 Å². The number of terminal acetylenes is 1. The van der Waals surface area contributed by atoms with Gasteiger partial charge in [0.15, 0.2) is 0 Å². The second kappa shape index (κ2) is 7.31. The molecule has 2 aliphatic rings. The van der Waals surface area contributed by atoms with Gasteiger partial charge in [0, 0.05) is 25.2 Å². The van der Waals surface area contributed by atoms with Gasteiger partial charge in [0.2, 0.25) is 0 Å². The number of rotatable bonds is 4. The maximum Gasteiger partial charge on any atom is 0.0598 e. The second-order valence-electron chi connectivity index (χ2n) is 6.72. The largest absolute Gasteiger partial charge is 0.311 e. The molecular weight excluding hydrogens is 232 g/mol. The van der Waals surface area contributed by atoms with E-state index >= 15 is 0 Å². The van der Waals surface area contributed by atoms with Crippen LogP contribution in [-0.2, 0) is 0 Å². The zero-order valence-corrected chi connectivity index (χ0v) is 12.7. The summed E-state index contributed by atoms with van der Waals surface area (Å²) >= 11 is 0. The Morgan fingerprint density at radius 3 is 2.47 bits per heavy atom. The van der Waals surface area contributed by atoms with Gasteiger partial charge in [-0.1, -0.05) is 32.6 Å². The number of nitrogens with one attached hydrogen (secondary N) is 1. The van der Waals surface area contributed by atoms with Gasteiger partial charge in [0.25, 0.3) is 0 Å². The molecule has 2 nitrogen and oxygen atoms in total. The van der Waals surface area contributed by atoms with Crippen LogP contribution in [0.25, 0.3) is 0 Å². The van der Waals surface area contributed by atoms with E-state index in [1.54, 1.807) is 0 Å². The number of piperidine rings is 1. The van der Waals surface area contributed by atoms with Crippen LogP contribution in [0, 0.1) is 24.2 Å². The molecule has 1 N–H and O–H groups in total. The molecule has 0 aromatic rings. The quantitative estimate of drug-likeness (QED) is 0.784. The van der Waals surface area contributed by atoms with Gasteiger partial charge in [-0.2, -0.15) is 0 Å². The van der Waals surface area contributed by atoms with E-state index in [4.69, 9.17) is 6.42 Å². The lowest BCUT2D eigenvalue weighted by molar-refractivity contribution is 0.156. The van der Waals surface area contributed by atoms with Crippen LogP contribution in [0.5, 0.6) is 0 Å². The molecule has 1 saturated carbocycles. The highest BCUT2D eigenvalue weighted by Crippen LogP contribution is 2.31. The summed E-state index contributed by atoms with van der Waals surface area (Å²) in [5.41, 5.74) is 0. The molecule has 2 unspecified atom stereocenters. The molecule has 0 aromatic heterocycles. The third-order valence-electron chi connectivity index (χ3n) is 5.03. The molecule has 0 radical (unpaired) electrons. The summed E-state index contributed by atoms with van der Waals surface area (Å²) in [5, 5.41) is 3.97. The van der Waals surface area contributed by atoms with Crippen LogP contribution in [0.3, 0.4) is 0 Å². The van der Waals surface area contributed by atoms with Gasteiger partial charge < -0.3 is 5.32 Å². The predicted octanol–water partition coefficient (Wildman–Crippen LogP) is 2.89. The van der Waals surface area contributed by atoms with E-state index in [1.165, 1.54) is 51.6 Å². The maximum absolute atomic E-state index is 5.39. The van der Waals surface area contributed by atoms with Crippen LogP contribution in [0.15, 0.2) is 0 Å². The molecule has 2 rings (SSSR count). The summed E-state index contributed by atoms with van der Waals surface area (Å²) < 4.78 is 0. The first-order valence-electron chi connectivity index (χ1n) is 8.12.